The van der Waals surface area contributed by atoms with Crippen LogP contribution in [-0.2, 0) is 0 Å². The lowest BCUT2D eigenvalue weighted by atomic mass is 9.83. The number of benzene rings is 2. The maximum Gasteiger partial charge on any atom is 0.0444 e. The topological polar surface area (TPSA) is 0 Å². The number of hydrogen-bond acceptors (Lipinski definition) is 0. The van der Waals surface area contributed by atoms with Crippen molar-refractivity contribution < 1.29 is 0 Å². The van der Waals surface area contributed by atoms with Crippen molar-refractivity contribution >= 4 is 11.6 Å². The smallest absolute Gasteiger partial charge is 0.0444 e. The molecule has 0 nitrogen and oxygen atoms in total. The first-order chi connectivity index (χ1) is 8.20. The van der Waals surface area contributed by atoms with Crippen molar-refractivity contribution in [2.75, 3.05) is 0 Å². The van der Waals surface area contributed by atoms with Gasteiger partial charge in [0.1, 0.15) is 0 Å². The molecule has 2 aromatic rings. The molecule has 2 aromatic carbocycles. The minimum Gasteiger partial charge on any atom is -0.0840 e. The minimum atomic E-state index is 0.366. The first kappa shape index (κ1) is 12.2. The third kappa shape index (κ3) is 2.70. The van der Waals surface area contributed by atoms with Crippen molar-refractivity contribution in [3.05, 3.63) is 70.7 Å². The fourth-order valence-corrected chi connectivity index (χ4v) is 2.56. The molecule has 0 N–H and O–H groups in total. The van der Waals surface area contributed by atoms with Gasteiger partial charge < -0.3 is 0 Å². The second-order valence-electron chi connectivity index (χ2n) is 4.65. The summed E-state index contributed by atoms with van der Waals surface area (Å²) in [6.07, 6.45) is 0. The van der Waals surface area contributed by atoms with Crippen molar-refractivity contribution in [3.63, 3.8) is 0 Å². The lowest BCUT2D eigenvalue weighted by molar-refractivity contribution is 0.564. The molecule has 1 atom stereocenters. The molecule has 17 heavy (non-hydrogen) atoms. The van der Waals surface area contributed by atoms with Crippen molar-refractivity contribution in [3.8, 4) is 0 Å². The van der Waals surface area contributed by atoms with Gasteiger partial charge in [-0.1, -0.05) is 74.0 Å². The standard InChI is InChI=1S/C16H17Cl/c1-12(2)16(13-8-4-3-5-9-13)14-10-6-7-11-15(14)17/h3-12,16H,1-2H3. The van der Waals surface area contributed by atoms with Gasteiger partial charge in [-0.05, 0) is 23.1 Å². The summed E-state index contributed by atoms with van der Waals surface area (Å²) in [7, 11) is 0. The molecule has 0 aliphatic carbocycles. The normalized spacial score (nSPS) is 12.7. The number of hydrogen-bond donors (Lipinski definition) is 0. The summed E-state index contributed by atoms with van der Waals surface area (Å²) in [5.41, 5.74) is 2.55. The van der Waals surface area contributed by atoms with Crippen molar-refractivity contribution in [2.45, 2.75) is 19.8 Å². The van der Waals surface area contributed by atoms with Crippen LogP contribution in [0.2, 0.25) is 5.02 Å². The van der Waals surface area contributed by atoms with Gasteiger partial charge in [0.2, 0.25) is 0 Å². The monoisotopic (exact) mass is 244 g/mol. The number of halogens is 1. The predicted molar refractivity (Wildman–Crippen MR) is 74.6 cm³/mol. The Morgan fingerprint density at radius 2 is 1.41 bits per heavy atom. The zero-order valence-corrected chi connectivity index (χ0v) is 11.0. The van der Waals surface area contributed by atoms with Gasteiger partial charge in [0.15, 0.2) is 0 Å². The van der Waals surface area contributed by atoms with Crippen LogP contribution in [0.4, 0.5) is 0 Å². The maximum absolute atomic E-state index is 6.31. The molecule has 0 amide bonds. The van der Waals surface area contributed by atoms with Gasteiger partial charge in [-0.2, -0.15) is 0 Å². The van der Waals surface area contributed by atoms with Crippen LogP contribution in [0.1, 0.15) is 30.9 Å². The summed E-state index contributed by atoms with van der Waals surface area (Å²) in [6, 6.07) is 18.7. The first-order valence-electron chi connectivity index (χ1n) is 5.99. The Kier molecular flexibility index (Phi) is 3.86. The highest BCUT2D eigenvalue weighted by atomic mass is 35.5. The molecule has 0 fully saturated rings. The molecule has 0 aromatic heterocycles. The molecule has 0 saturated heterocycles. The van der Waals surface area contributed by atoms with E-state index in [0.29, 0.717) is 11.8 Å². The predicted octanol–water partition coefficient (Wildman–Crippen LogP) is 5.13. The largest absolute Gasteiger partial charge is 0.0840 e. The highest BCUT2D eigenvalue weighted by molar-refractivity contribution is 6.31. The first-order valence-corrected chi connectivity index (χ1v) is 6.37. The van der Waals surface area contributed by atoms with E-state index >= 15 is 0 Å². The summed E-state index contributed by atoms with van der Waals surface area (Å²) in [6.45, 7) is 4.47. The average molecular weight is 245 g/mol. The second-order valence-corrected chi connectivity index (χ2v) is 5.06. The zero-order chi connectivity index (χ0) is 12.3. The highest BCUT2D eigenvalue weighted by Crippen LogP contribution is 2.35. The minimum absolute atomic E-state index is 0.366. The molecule has 0 aliphatic heterocycles. The van der Waals surface area contributed by atoms with Crippen molar-refractivity contribution in [2.24, 2.45) is 5.92 Å². The van der Waals surface area contributed by atoms with E-state index in [9.17, 15) is 0 Å². The van der Waals surface area contributed by atoms with Gasteiger partial charge in [0.25, 0.3) is 0 Å². The van der Waals surface area contributed by atoms with E-state index in [-0.39, 0.29) is 0 Å². The van der Waals surface area contributed by atoms with Crippen LogP contribution in [0.5, 0.6) is 0 Å². The Hall–Kier alpha value is -1.27. The summed E-state index contributed by atoms with van der Waals surface area (Å²) in [5.74, 6) is 0.891. The van der Waals surface area contributed by atoms with Gasteiger partial charge in [-0.3, -0.25) is 0 Å². The lowest BCUT2D eigenvalue weighted by Gasteiger charge is -2.23. The molecular weight excluding hydrogens is 228 g/mol. The Morgan fingerprint density at radius 1 is 0.824 bits per heavy atom. The van der Waals surface area contributed by atoms with Crippen LogP contribution >= 0.6 is 11.6 Å². The Labute approximate surface area is 108 Å². The van der Waals surface area contributed by atoms with Crippen LogP contribution in [0.3, 0.4) is 0 Å². The summed E-state index contributed by atoms with van der Waals surface area (Å²) in [5, 5.41) is 0.857. The lowest BCUT2D eigenvalue weighted by Crippen LogP contribution is -2.08. The second kappa shape index (κ2) is 5.37. The van der Waals surface area contributed by atoms with E-state index in [1.54, 1.807) is 0 Å². The van der Waals surface area contributed by atoms with Crippen LogP contribution in [0.25, 0.3) is 0 Å². The highest BCUT2D eigenvalue weighted by Gasteiger charge is 2.19. The third-order valence-electron chi connectivity index (χ3n) is 3.07. The van der Waals surface area contributed by atoms with Crippen LogP contribution in [0, 0.1) is 5.92 Å². The quantitative estimate of drug-likeness (QED) is 0.702. The molecule has 0 radical (unpaired) electrons. The fourth-order valence-electron chi connectivity index (χ4n) is 2.31. The molecule has 88 valence electrons. The van der Waals surface area contributed by atoms with Crippen molar-refractivity contribution in [1.82, 2.24) is 0 Å². The molecule has 0 bridgehead atoms. The summed E-state index contributed by atoms with van der Waals surface area (Å²) < 4.78 is 0. The Morgan fingerprint density at radius 3 is 2.00 bits per heavy atom. The fraction of sp³-hybridized carbons (Fsp3) is 0.250. The maximum atomic E-state index is 6.31. The Balaban J connectivity index is 2.47. The Bertz CT molecular complexity index is 474. The molecule has 0 aliphatic rings. The summed E-state index contributed by atoms with van der Waals surface area (Å²) in [4.78, 5) is 0. The van der Waals surface area contributed by atoms with Gasteiger partial charge in [-0.15, -0.1) is 0 Å². The third-order valence-corrected chi connectivity index (χ3v) is 3.41. The van der Waals surface area contributed by atoms with E-state index in [0.717, 1.165) is 5.02 Å². The molecule has 0 spiro atoms. The van der Waals surface area contributed by atoms with Crippen LogP contribution in [0.15, 0.2) is 54.6 Å². The van der Waals surface area contributed by atoms with E-state index in [4.69, 9.17) is 11.6 Å². The molecule has 1 unspecified atom stereocenters. The molecule has 2 rings (SSSR count). The molecule has 0 saturated carbocycles. The average Bonchev–Trinajstić information content (AvgIpc) is 2.33. The zero-order valence-electron chi connectivity index (χ0n) is 10.2. The van der Waals surface area contributed by atoms with Crippen LogP contribution < -0.4 is 0 Å². The van der Waals surface area contributed by atoms with Gasteiger partial charge in [0.05, 0.1) is 0 Å². The van der Waals surface area contributed by atoms with Crippen molar-refractivity contribution in [1.29, 1.82) is 0 Å². The molecule has 1 heteroatoms. The van der Waals surface area contributed by atoms with E-state index < -0.39 is 0 Å². The number of rotatable bonds is 3. The van der Waals surface area contributed by atoms with Gasteiger partial charge >= 0.3 is 0 Å². The molecule has 0 heterocycles. The van der Waals surface area contributed by atoms with Gasteiger partial charge in [-0.25, -0.2) is 0 Å². The van der Waals surface area contributed by atoms with Crippen LogP contribution in [-0.4, -0.2) is 0 Å². The SMILES string of the molecule is CC(C)C(c1ccccc1)c1ccccc1Cl. The van der Waals surface area contributed by atoms with E-state index in [2.05, 4.69) is 50.2 Å². The van der Waals surface area contributed by atoms with E-state index in [1.807, 2.05) is 18.2 Å². The van der Waals surface area contributed by atoms with E-state index in [1.165, 1.54) is 11.1 Å². The molecular formula is C16H17Cl. The van der Waals surface area contributed by atoms with Gasteiger partial charge in [0, 0.05) is 10.9 Å². The summed E-state index contributed by atoms with van der Waals surface area (Å²) >= 11 is 6.31.